The van der Waals surface area contributed by atoms with Gasteiger partial charge in [-0.05, 0) is 0 Å². The van der Waals surface area contributed by atoms with Crippen LogP contribution in [0.3, 0.4) is 0 Å². The quantitative estimate of drug-likeness (QED) is 0.612. The number of hydrogen-bond acceptors (Lipinski definition) is 3. The molecule has 0 bridgehead atoms. The van der Waals surface area contributed by atoms with Gasteiger partial charge in [0.05, 0.1) is 0 Å². The third-order valence-corrected chi connectivity index (χ3v) is 13.7. The molecule has 0 rings (SSSR count). The molecule has 4 heteroatoms. The van der Waals surface area contributed by atoms with Crippen LogP contribution in [0.15, 0.2) is 0 Å². The van der Waals surface area contributed by atoms with Crippen LogP contribution in [0.2, 0.25) is 4.44 Å². The summed E-state index contributed by atoms with van der Waals surface area (Å²) in [7, 11) is 0. The predicted octanol–water partition coefficient (Wildman–Crippen LogP) is 5.03. The average molecular weight is 395 g/mol. The number of rotatable bonds is 5. The van der Waals surface area contributed by atoms with Crippen molar-refractivity contribution < 1.29 is 9.22 Å². The third kappa shape index (κ3) is 10.4. The van der Waals surface area contributed by atoms with Gasteiger partial charge in [0.1, 0.15) is 0 Å². The van der Waals surface area contributed by atoms with Crippen molar-refractivity contribution in [2.75, 3.05) is 0 Å². The summed E-state index contributed by atoms with van der Waals surface area (Å²) in [5, 5.41) is 0. The molecule has 0 saturated heterocycles. The van der Waals surface area contributed by atoms with Crippen LogP contribution in [-0.2, 0) is 9.22 Å². The molecule has 0 aromatic heterocycles. The normalized spacial score (nSPS) is 15.0. The molecule has 0 radical (unpaired) electrons. The first-order valence-electron chi connectivity index (χ1n) is 7.64. The van der Waals surface area contributed by atoms with Gasteiger partial charge in [-0.25, -0.2) is 0 Å². The van der Waals surface area contributed by atoms with Crippen molar-refractivity contribution in [3.63, 3.8) is 0 Å². The monoisotopic (exact) mass is 396 g/mol. The molecule has 0 N–H and O–H groups in total. The first-order chi connectivity index (χ1) is 8.54. The summed E-state index contributed by atoms with van der Waals surface area (Å²) >= 11 is -3.66. The SMILES string of the molecule is CC(C)[CH2][Sn]([O]C(C)(C)C)([O]C(C)(C)C)[O]C(C)(C)C. The molecule has 0 fully saturated rings. The van der Waals surface area contributed by atoms with Gasteiger partial charge in [0.15, 0.2) is 0 Å². The van der Waals surface area contributed by atoms with Crippen LogP contribution < -0.4 is 0 Å². The van der Waals surface area contributed by atoms with E-state index >= 15 is 0 Å². The second kappa shape index (κ2) is 6.84. The first kappa shape index (κ1) is 20.7. The second-order valence-electron chi connectivity index (χ2n) is 8.92. The van der Waals surface area contributed by atoms with Crippen molar-refractivity contribution in [2.45, 2.75) is 97.4 Å². The van der Waals surface area contributed by atoms with E-state index < -0.39 is 19.6 Å². The number of hydrogen-bond donors (Lipinski definition) is 0. The van der Waals surface area contributed by atoms with Crippen LogP contribution in [-0.4, -0.2) is 36.4 Å². The molecule has 0 atom stereocenters. The zero-order valence-corrected chi connectivity index (χ0v) is 18.4. The summed E-state index contributed by atoms with van der Waals surface area (Å²) in [6, 6.07) is 0. The van der Waals surface area contributed by atoms with Crippen molar-refractivity contribution in [3.8, 4) is 0 Å². The second-order valence-corrected chi connectivity index (χ2v) is 15.7. The molecular formula is C16H36O3Sn. The molecule has 0 heterocycles. The van der Waals surface area contributed by atoms with E-state index in [0.717, 1.165) is 4.44 Å². The fourth-order valence-electron chi connectivity index (χ4n) is 2.09. The van der Waals surface area contributed by atoms with Gasteiger partial charge >= 0.3 is 132 Å². The van der Waals surface area contributed by atoms with E-state index in [1.807, 2.05) is 0 Å². The maximum absolute atomic E-state index is 6.45. The summed E-state index contributed by atoms with van der Waals surface area (Å²) in [5.74, 6) is 0.498. The third-order valence-electron chi connectivity index (χ3n) is 2.04. The fourth-order valence-corrected chi connectivity index (χ4v) is 14.0. The van der Waals surface area contributed by atoms with Gasteiger partial charge in [-0.1, -0.05) is 0 Å². The van der Waals surface area contributed by atoms with Crippen LogP contribution in [0.4, 0.5) is 0 Å². The van der Waals surface area contributed by atoms with Crippen molar-refractivity contribution in [1.29, 1.82) is 0 Å². The zero-order chi connectivity index (χ0) is 16.4. The Hall–Kier alpha value is 0.679. The van der Waals surface area contributed by atoms with Gasteiger partial charge in [-0.15, -0.1) is 0 Å². The fraction of sp³-hybridized carbons (Fsp3) is 1.00. The Labute approximate surface area is 132 Å². The minimum absolute atomic E-state index is 0.249. The maximum atomic E-state index is 6.45. The van der Waals surface area contributed by atoms with Gasteiger partial charge in [0.2, 0.25) is 0 Å². The van der Waals surface area contributed by atoms with E-state index in [1.54, 1.807) is 0 Å². The van der Waals surface area contributed by atoms with E-state index in [1.165, 1.54) is 0 Å². The van der Waals surface area contributed by atoms with E-state index in [4.69, 9.17) is 9.22 Å². The molecule has 0 unspecified atom stereocenters. The summed E-state index contributed by atoms with van der Waals surface area (Å²) in [6.45, 7) is 23.1. The Morgan fingerprint density at radius 2 is 0.900 bits per heavy atom. The van der Waals surface area contributed by atoms with Crippen LogP contribution in [0.25, 0.3) is 0 Å². The minimum atomic E-state index is -3.66. The molecule has 0 aromatic carbocycles. The summed E-state index contributed by atoms with van der Waals surface area (Å²) in [5.41, 5.74) is -0.746. The Balaban J connectivity index is 5.50. The van der Waals surface area contributed by atoms with E-state index in [-0.39, 0.29) is 16.8 Å². The van der Waals surface area contributed by atoms with Crippen LogP contribution in [0, 0.1) is 5.92 Å². The van der Waals surface area contributed by atoms with Gasteiger partial charge in [0.25, 0.3) is 0 Å². The van der Waals surface area contributed by atoms with E-state index in [2.05, 4.69) is 76.2 Å². The molecule has 3 nitrogen and oxygen atoms in total. The molecule has 20 heavy (non-hydrogen) atoms. The van der Waals surface area contributed by atoms with E-state index in [9.17, 15) is 0 Å². The van der Waals surface area contributed by atoms with Crippen molar-refractivity contribution in [2.24, 2.45) is 5.92 Å². The zero-order valence-electron chi connectivity index (χ0n) is 15.5. The summed E-state index contributed by atoms with van der Waals surface area (Å²) < 4.78 is 20.3. The molecule has 0 aromatic rings. The van der Waals surface area contributed by atoms with Gasteiger partial charge in [0, 0.05) is 0 Å². The predicted molar refractivity (Wildman–Crippen MR) is 87.9 cm³/mol. The molecule has 0 aliphatic heterocycles. The molecule has 0 aliphatic carbocycles. The van der Waals surface area contributed by atoms with Gasteiger partial charge < -0.3 is 0 Å². The van der Waals surface area contributed by atoms with Crippen LogP contribution in [0.1, 0.15) is 76.2 Å². The Kier molecular flexibility index (Phi) is 7.07. The topological polar surface area (TPSA) is 27.7 Å². The van der Waals surface area contributed by atoms with Crippen LogP contribution in [0.5, 0.6) is 0 Å². The average Bonchev–Trinajstić information content (AvgIpc) is 1.86. The summed E-state index contributed by atoms with van der Waals surface area (Å²) in [6.07, 6.45) is 0. The molecular weight excluding hydrogens is 359 g/mol. The molecule has 0 amide bonds. The van der Waals surface area contributed by atoms with Gasteiger partial charge in [-0.2, -0.15) is 0 Å². The van der Waals surface area contributed by atoms with Crippen molar-refractivity contribution in [1.82, 2.24) is 0 Å². The molecule has 122 valence electrons. The van der Waals surface area contributed by atoms with Crippen molar-refractivity contribution in [3.05, 3.63) is 0 Å². The Bertz CT molecular complexity index is 252. The molecule has 0 spiro atoms. The Morgan fingerprint density at radius 3 is 1.05 bits per heavy atom. The summed E-state index contributed by atoms with van der Waals surface area (Å²) in [4.78, 5) is 0. The standard InChI is InChI=1S/3C4H9O.C4H9.Sn/c3*1-4(2,3)5;1-4(2)3;/h3*1-3H3;4H,1H2,2-3H3;/q3*-1;;+3. The Morgan fingerprint density at radius 1 is 0.650 bits per heavy atom. The van der Waals surface area contributed by atoms with Crippen LogP contribution >= 0.6 is 0 Å². The van der Waals surface area contributed by atoms with Gasteiger partial charge in [-0.3, -0.25) is 0 Å². The van der Waals surface area contributed by atoms with E-state index in [0.29, 0.717) is 5.92 Å². The molecule has 0 saturated carbocycles. The first-order valence-corrected chi connectivity index (χ1v) is 13.2. The van der Waals surface area contributed by atoms with Crippen molar-refractivity contribution >= 4 is 19.6 Å². The molecule has 0 aliphatic rings.